The Morgan fingerprint density at radius 3 is 2.91 bits per heavy atom. The molecule has 1 saturated heterocycles. The van der Waals surface area contributed by atoms with E-state index in [1.807, 2.05) is 0 Å². The Balaban J connectivity index is 2.35. The SMILES string of the molecule is O=C(O)CC1CCOCC1O. The zero-order chi connectivity index (χ0) is 8.27. The second-order valence-electron chi connectivity index (χ2n) is 2.79. The molecule has 0 amide bonds. The molecule has 0 aliphatic carbocycles. The summed E-state index contributed by atoms with van der Waals surface area (Å²) in [5, 5.41) is 17.7. The fourth-order valence-corrected chi connectivity index (χ4v) is 1.23. The predicted molar refractivity (Wildman–Crippen MR) is 37.2 cm³/mol. The number of aliphatic carboxylic acids is 1. The van der Waals surface area contributed by atoms with Crippen LogP contribution in [0.2, 0.25) is 0 Å². The summed E-state index contributed by atoms with van der Waals surface area (Å²) >= 11 is 0. The lowest BCUT2D eigenvalue weighted by Gasteiger charge is -2.26. The maximum Gasteiger partial charge on any atom is 0.303 e. The number of carboxylic acids is 1. The third kappa shape index (κ3) is 2.48. The van der Waals surface area contributed by atoms with Crippen molar-refractivity contribution < 1.29 is 19.7 Å². The Hall–Kier alpha value is -0.610. The zero-order valence-corrected chi connectivity index (χ0v) is 6.19. The molecule has 1 fully saturated rings. The van der Waals surface area contributed by atoms with Crippen LogP contribution in [0.1, 0.15) is 12.8 Å². The molecule has 2 N–H and O–H groups in total. The smallest absolute Gasteiger partial charge is 0.303 e. The van der Waals surface area contributed by atoms with Crippen molar-refractivity contribution >= 4 is 5.97 Å². The molecule has 2 atom stereocenters. The van der Waals surface area contributed by atoms with Gasteiger partial charge in [-0.15, -0.1) is 0 Å². The number of carbonyl (C=O) groups is 1. The van der Waals surface area contributed by atoms with Crippen LogP contribution >= 0.6 is 0 Å². The molecule has 4 heteroatoms. The van der Waals surface area contributed by atoms with Crippen LogP contribution in [0.25, 0.3) is 0 Å². The summed E-state index contributed by atoms with van der Waals surface area (Å²) in [5.74, 6) is -0.975. The Labute approximate surface area is 64.8 Å². The van der Waals surface area contributed by atoms with Gasteiger partial charge in [0.1, 0.15) is 0 Å². The average Bonchev–Trinajstić information content (AvgIpc) is 1.93. The highest BCUT2D eigenvalue weighted by Gasteiger charge is 2.25. The van der Waals surface area contributed by atoms with E-state index in [0.717, 1.165) is 0 Å². The van der Waals surface area contributed by atoms with E-state index in [4.69, 9.17) is 9.84 Å². The summed E-state index contributed by atoms with van der Waals surface area (Å²) in [7, 11) is 0. The summed E-state index contributed by atoms with van der Waals surface area (Å²) in [6.45, 7) is 0.840. The van der Waals surface area contributed by atoms with E-state index in [2.05, 4.69) is 0 Å². The average molecular weight is 160 g/mol. The van der Waals surface area contributed by atoms with Gasteiger partial charge < -0.3 is 14.9 Å². The van der Waals surface area contributed by atoms with Crippen molar-refractivity contribution in [3.8, 4) is 0 Å². The molecule has 0 bridgehead atoms. The van der Waals surface area contributed by atoms with Crippen LogP contribution in [-0.4, -0.2) is 35.5 Å². The van der Waals surface area contributed by atoms with E-state index in [1.54, 1.807) is 0 Å². The van der Waals surface area contributed by atoms with Crippen molar-refractivity contribution in [3.63, 3.8) is 0 Å². The van der Waals surface area contributed by atoms with Crippen LogP contribution in [0.15, 0.2) is 0 Å². The molecular formula is C7H12O4. The first kappa shape index (κ1) is 8.49. The van der Waals surface area contributed by atoms with Crippen LogP contribution in [0.4, 0.5) is 0 Å². The highest BCUT2D eigenvalue weighted by Crippen LogP contribution is 2.18. The van der Waals surface area contributed by atoms with Gasteiger partial charge in [-0.25, -0.2) is 0 Å². The van der Waals surface area contributed by atoms with Crippen LogP contribution in [0, 0.1) is 5.92 Å². The van der Waals surface area contributed by atoms with Gasteiger partial charge in [0.2, 0.25) is 0 Å². The molecule has 0 aromatic carbocycles. The Bertz CT molecular complexity index is 145. The molecule has 0 radical (unpaired) electrons. The van der Waals surface area contributed by atoms with E-state index in [-0.39, 0.29) is 18.9 Å². The Morgan fingerprint density at radius 2 is 2.36 bits per heavy atom. The lowest BCUT2D eigenvalue weighted by atomic mass is 9.94. The number of hydrogen-bond acceptors (Lipinski definition) is 3. The van der Waals surface area contributed by atoms with E-state index in [0.29, 0.717) is 13.0 Å². The lowest BCUT2D eigenvalue weighted by Crippen LogP contribution is -2.33. The molecule has 1 rings (SSSR count). The van der Waals surface area contributed by atoms with E-state index in [1.165, 1.54) is 0 Å². The maximum atomic E-state index is 10.3. The number of carboxylic acid groups (broad SMARTS) is 1. The molecular weight excluding hydrogens is 148 g/mol. The Morgan fingerprint density at radius 1 is 1.64 bits per heavy atom. The van der Waals surface area contributed by atoms with Crippen molar-refractivity contribution in [2.24, 2.45) is 5.92 Å². The molecule has 1 aliphatic rings. The maximum absolute atomic E-state index is 10.3. The summed E-state index contributed by atoms with van der Waals surface area (Å²) < 4.78 is 4.95. The molecule has 4 nitrogen and oxygen atoms in total. The summed E-state index contributed by atoms with van der Waals surface area (Å²) in [5.41, 5.74) is 0. The third-order valence-corrected chi connectivity index (χ3v) is 1.90. The molecule has 1 aliphatic heterocycles. The van der Waals surface area contributed by atoms with Crippen LogP contribution < -0.4 is 0 Å². The molecule has 1 heterocycles. The topological polar surface area (TPSA) is 66.8 Å². The molecule has 0 aromatic heterocycles. The number of rotatable bonds is 2. The van der Waals surface area contributed by atoms with E-state index < -0.39 is 12.1 Å². The Kier molecular flexibility index (Phi) is 2.84. The summed E-state index contributed by atoms with van der Waals surface area (Å²) in [4.78, 5) is 10.3. The third-order valence-electron chi connectivity index (χ3n) is 1.90. The predicted octanol–water partition coefficient (Wildman–Crippen LogP) is -0.142. The zero-order valence-electron chi connectivity index (χ0n) is 6.19. The van der Waals surface area contributed by atoms with Gasteiger partial charge in [-0.2, -0.15) is 0 Å². The second-order valence-corrected chi connectivity index (χ2v) is 2.79. The van der Waals surface area contributed by atoms with Gasteiger partial charge in [0.25, 0.3) is 0 Å². The second kappa shape index (κ2) is 3.69. The van der Waals surface area contributed by atoms with Gasteiger partial charge in [-0.3, -0.25) is 4.79 Å². The van der Waals surface area contributed by atoms with Gasteiger partial charge in [-0.1, -0.05) is 0 Å². The molecule has 2 unspecified atom stereocenters. The number of hydrogen-bond donors (Lipinski definition) is 2. The van der Waals surface area contributed by atoms with Crippen molar-refractivity contribution in [2.75, 3.05) is 13.2 Å². The van der Waals surface area contributed by atoms with Crippen molar-refractivity contribution in [3.05, 3.63) is 0 Å². The van der Waals surface area contributed by atoms with E-state index in [9.17, 15) is 9.90 Å². The van der Waals surface area contributed by atoms with Gasteiger partial charge in [-0.05, 0) is 12.3 Å². The highest BCUT2D eigenvalue weighted by molar-refractivity contribution is 5.67. The molecule has 11 heavy (non-hydrogen) atoms. The number of ether oxygens (including phenoxy) is 1. The minimum Gasteiger partial charge on any atom is -0.481 e. The minimum absolute atomic E-state index is 0.0462. The monoisotopic (exact) mass is 160 g/mol. The minimum atomic E-state index is -0.851. The molecule has 0 saturated carbocycles. The van der Waals surface area contributed by atoms with Crippen LogP contribution in [-0.2, 0) is 9.53 Å². The fourth-order valence-electron chi connectivity index (χ4n) is 1.23. The van der Waals surface area contributed by atoms with Crippen LogP contribution in [0.5, 0.6) is 0 Å². The first-order chi connectivity index (χ1) is 5.20. The fraction of sp³-hybridized carbons (Fsp3) is 0.857. The van der Waals surface area contributed by atoms with Gasteiger partial charge in [0.05, 0.1) is 19.1 Å². The number of aliphatic hydroxyl groups is 1. The number of aliphatic hydroxyl groups excluding tert-OH is 1. The van der Waals surface area contributed by atoms with E-state index >= 15 is 0 Å². The van der Waals surface area contributed by atoms with Crippen LogP contribution in [0.3, 0.4) is 0 Å². The summed E-state index contributed by atoms with van der Waals surface area (Å²) in [6, 6.07) is 0. The van der Waals surface area contributed by atoms with Crippen molar-refractivity contribution in [1.82, 2.24) is 0 Å². The van der Waals surface area contributed by atoms with Crippen molar-refractivity contribution in [2.45, 2.75) is 18.9 Å². The first-order valence-corrected chi connectivity index (χ1v) is 3.67. The normalized spacial score (nSPS) is 31.7. The van der Waals surface area contributed by atoms with Gasteiger partial charge in [0.15, 0.2) is 0 Å². The molecule has 64 valence electrons. The molecule has 0 aromatic rings. The quantitative estimate of drug-likeness (QED) is 0.590. The summed E-state index contributed by atoms with van der Waals surface area (Å²) in [6.07, 6.45) is 0.0951. The lowest BCUT2D eigenvalue weighted by molar-refractivity contribution is -0.141. The largest absolute Gasteiger partial charge is 0.481 e. The molecule has 0 spiro atoms. The van der Waals surface area contributed by atoms with Gasteiger partial charge >= 0.3 is 5.97 Å². The standard InChI is InChI=1S/C7H12O4/c8-6-4-11-2-1-5(6)3-7(9)10/h5-6,8H,1-4H2,(H,9,10). The first-order valence-electron chi connectivity index (χ1n) is 3.67. The highest BCUT2D eigenvalue weighted by atomic mass is 16.5. The van der Waals surface area contributed by atoms with Gasteiger partial charge in [0, 0.05) is 6.61 Å². The van der Waals surface area contributed by atoms with Crippen molar-refractivity contribution in [1.29, 1.82) is 0 Å².